The molecule has 2 aromatic heterocycles. The highest BCUT2D eigenvalue weighted by atomic mass is 35.5. The molecule has 0 aliphatic carbocycles. The summed E-state index contributed by atoms with van der Waals surface area (Å²) in [6.45, 7) is 2.66. The van der Waals surface area contributed by atoms with Crippen molar-refractivity contribution in [1.82, 2.24) is 19.7 Å². The van der Waals surface area contributed by atoms with Gasteiger partial charge in [-0.3, -0.25) is 4.79 Å². The Morgan fingerprint density at radius 2 is 2.06 bits per heavy atom. The molecular weight excluding hydrogens is 485 g/mol. The molecule has 0 saturated carbocycles. The number of nitrogens with one attached hydrogen (secondary N) is 1. The highest BCUT2D eigenvalue weighted by Gasteiger charge is 2.15. The Bertz CT molecular complexity index is 1250. The van der Waals surface area contributed by atoms with E-state index in [1.165, 1.54) is 41.3 Å². The van der Waals surface area contributed by atoms with E-state index in [9.17, 15) is 9.18 Å². The van der Waals surface area contributed by atoms with Gasteiger partial charge in [0.1, 0.15) is 18.2 Å². The molecule has 0 fully saturated rings. The van der Waals surface area contributed by atoms with Gasteiger partial charge < -0.3 is 14.6 Å². The normalized spacial score (nSPS) is 10.9. The third-order valence-electron chi connectivity index (χ3n) is 4.51. The number of carbonyl (C=O) groups excluding carboxylic acids is 1. The summed E-state index contributed by atoms with van der Waals surface area (Å²) >= 11 is 8.65. The number of aromatic nitrogens is 4. The number of thiazole rings is 1. The molecule has 4 aromatic rings. The molecule has 0 bridgehead atoms. The first-order valence-corrected chi connectivity index (χ1v) is 12.2. The van der Waals surface area contributed by atoms with Crippen LogP contribution in [-0.2, 0) is 17.9 Å². The number of rotatable bonds is 9. The van der Waals surface area contributed by atoms with E-state index >= 15 is 0 Å². The predicted octanol–water partition coefficient (Wildman–Crippen LogP) is 5.52. The standard InChI is InChI=1S/C22H19ClFN5O2S2/c1-2-29-19(11-31-18-9-8-15(24)10-16(18)23)27-28-22(29)33-13-20(30)26-21-25-17(12-32-21)14-6-4-3-5-7-14/h3-10,12H,2,11,13H2,1H3,(H,25,26,30). The second-order valence-corrected chi connectivity index (χ2v) is 8.96. The van der Waals surface area contributed by atoms with Crippen LogP contribution in [0, 0.1) is 5.82 Å². The SMILES string of the molecule is CCn1c(COc2ccc(F)cc2Cl)nnc1SCC(=O)Nc1nc(-c2ccccc2)cs1. The molecule has 0 unspecified atom stereocenters. The summed E-state index contributed by atoms with van der Waals surface area (Å²) in [5.41, 5.74) is 1.82. The molecule has 2 heterocycles. The monoisotopic (exact) mass is 503 g/mol. The maximum absolute atomic E-state index is 13.2. The molecule has 0 aliphatic heterocycles. The van der Waals surface area contributed by atoms with Gasteiger partial charge in [0.05, 0.1) is 16.5 Å². The zero-order valence-corrected chi connectivity index (χ0v) is 19.9. The van der Waals surface area contributed by atoms with Gasteiger partial charge in [0, 0.05) is 17.5 Å². The predicted molar refractivity (Wildman–Crippen MR) is 128 cm³/mol. The maximum atomic E-state index is 13.2. The Balaban J connectivity index is 1.33. The van der Waals surface area contributed by atoms with Crippen molar-refractivity contribution in [1.29, 1.82) is 0 Å². The van der Waals surface area contributed by atoms with Crippen molar-refractivity contribution in [2.24, 2.45) is 0 Å². The summed E-state index contributed by atoms with van der Waals surface area (Å²) < 4.78 is 20.7. The van der Waals surface area contributed by atoms with Crippen molar-refractivity contribution in [3.63, 3.8) is 0 Å². The number of hydrogen-bond donors (Lipinski definition) is 1. The molecule has 0 aliphatic rings. The lowest BCUT2D eigenvalue weighted by Crippen LogP contribution is -2.14. The van der Waals surface area contributed by atoms with E-state index in [1.54, 1.807) is 0 Å². The fourth-order valence-corrected chi connectivity index (χ4v) is 4.72. The van der Waals surface area contributed by atoms with E-state index in [0.29, 0.717) is 28.4 Å². The third kappa shape index (κ3) is 5.89. The number of anilines is 1. The van der Waals surface area contributed by atoms with E-state index in [0.717, 1.165) is 11.3 Å². The van der Waals surface area contributed by atoms with Crippen LogP contribution in [0.3, 0.4) is 0 Å². The van der Waals surface area contributed by atoms with Gasteiger partial charge in [-0.1, -0.05) is 53.7 Å². The summed E-state index contributed by atoms with van der Waals surface area (Å²) in [5.74, 6) is 0.470. The average molecular weight is 504 g/mol. The maximum Gasteiger partial charge on any atom is 0.236 e. The highest BCUT2D eigenvalue weighted by molar-refractivity contribution is 7.99. The number of halogens is 2. The van der Waals surface area contributed by atoms with Crippen LogP contribution in [0.15, 0.2) is 59.1 Å². The van der Waals surface area contributed by atoms with Crippen LogP contribution in [0.4, 0.5) is 9.52 Å². The number of nitrogens with zero attached hydrogens (tertiary/aromatic N) is 4. The minimum Gasteiger partial charge on any atom is -0.484 e. The van der Waals surface area contributed by atoms with Crippen LogP contribution >= 0.6 is 34.7 Å². The molecule has 7 nitrogen and oxygen atoms in total. The lowest BCUT2D eigenvalue weighted by atomic mass is 10.2. The van der Waals surface area contributed by atoms with Crippen molar-refractivity contribution in [2.45, 2.75) is 25.2 Å². The largest absolute Gasteiger partial charge is 0.484 e. The fourth-order valence-electron chi connectivity index (χ4n) is 2.94. The van der Waals surface area contributed by atoms with Gasteiger partial charge in [0.25, 0.3) is 0 Å². The van der Waals surface area contributed by atoms with E-state index in [2.05, 4.69) is 20.5 Å². The lowest BCUT2D eigenvalue weighted by molar-refractivity contribution is -0.113. The van der Waals surface area contributed by atoms with Gasteiger partial charge in [-0.05, 0) is 25.1 Å². The molecule has 170 valence electrons. The van der Waals surface area contributed by atoms with E-state index < -0.39 is 5.82 Å². The molecule has 0 saturated heterocycles. The van der Waals surface area contributed by atoms with Crippen molar-refractivity contribution in [2.75, 3.05) is 11.1 Å². The van der Waals surface area contributed by atoms with Gasteiger partial charge in [0.2, 0.25) is 5.91 Å². The minimum atomic E-state index is -0.435. The first kappa shape index (κ1) is 23.2. The van der Waals surface area contributed by atoms with Crippen molar-refractivity contribution in [3.8, 4) is 17.0 Å². The van der Waals surface area contributed by atoms with Crippen LogP contribution in [0.25, 0.3) is 11.3 Å². The number of amides is 1. The van der Waals surface area contributed by atoms with Crippen molar-refractivity contribution in [3.05, 3.63) is 70.6 Å². The Kier molecular flexibility index (Phi) is 7.58. The Morgan fingerprint density at radius 1 is 1.24 bits per heavy atom. The topological polar surface area (TPSA) is 81.9 Å². The van der Waals surface area contributed by atoms with E-state index in [1.807, 2.05) is 47.2 Å². The van der Waals surface area contributed by atoms with Crippen molar-refractivity contribution >= 4 is 45.7 Å². The molecule has 11 heteroatoms. The lowest BCUT2D eigenvalue weighted by Gasteiger charge is -2.10. The Labute approximate surface area is 203 Å². The van der Waals surface area contributed by atoms with Crippen LogP contribution in [0.1, 0.15) is 12.7 Å². The van der Waals surface area contributed by atoms with Crippen LogP contribution in [0.2, 0.25) is 5.02 Å². The second kappa shape index (κ2) is 10.8. The van der Waals surface area contributed by atoms with Gasteiger partial charge in [-0.2, -0.15) is 0 Å². The molecule has 0 spiro atoms. The number of hydrogen-bond acceptors (Lipinski definition) is 7. The fraction of sp³-hybridized carbons (Fsp3) is 0.182. The van der Waals surface area contributed by atoms with Crippen LogP contribution < -0.4 is 10.1 Å². The molecule has 33 heavy (non-hydrogen) atoms. The van der Waals surface area contributed by atoms with Gasteiger partial charge in [0.15, 0.2) is 16.1 Å². The molecular formula is C22H19ClFN5O2S2. The van der Waals surface area contributed by atoms with Gasteiger partial charge in [-0.25, -0.2) is 9.37 Å². The summed E-state index contributed by atoms with van der Waals surface area (Å²) in [5, 5.41) is 14.4. The summed E-state index contributed by atoms with van der Waals surface area (Å²) in [7, 11) is 0. The quantitative estimate of drug-likeness (QED) is 0.303. The third-order valence-corrected chi connectivity index (χ3v) is 6.53. The zero-order chi connectivity index (χ0) is 23.2. The summed E-state index contributed by atoms with van der Waals surface area (Å²) in [6.07, 6.45) is 0. The number of thioether (sulfide) groups is 1. The molecule has 1 amide bonds. The highest BCUT2D eigenvalue weighted by Crippen LogP contribution is 2.27. The molecule has 2 aromatic carbocycles. The van der Waals surface area contributed by atoms with E-state index in [-0.39, 0.29) is 23.3 Å². The number of benzene rings is 2. The van der Waals surface area contributed by atoms with E-state index in [4.69, 9.17) is 16.3 Å². The Hall–Kier alpha value is -2.95. The van der Waals surface area contributed by atoms with Crippen LogP contribution in [-0.4, -0.2) is 31.4 Å². The molecule has 0 atom stereocenters. The molecule has 1 N–H and O–H groups in total. The molecule has 4 rings (SSSR count). The first-order valence-electron chi connectivity index (χ1n) is 9.97. The number of ether oxygens (including phenoxy) is 1. The average Bonchev–Trinajstić information content (AvgIpc) is 3.44. The van der Waals surface area contributed by atoms with Crippen LogP contribution in [0.5, 0.6) is 5.75 Å². The molecule has 0 radical (unpaired) electrons. The summed E-state index contributed by atoms with van der Waals surface area (Å²) in [4.78, 5) is 16.9. The van der Waals surface area contributed by atoms with Gasteiger partial charge in [-0.15, -0.1) is 21.5 Å². The number of carbonyl (C=O) groups is 1. The zero-order valence-electron chi connectivity index (χ0n) is 17.5. The second-order valence-electron chi connectivity index (χ2n) is 6.75. The van der Waals surface area contributed by atoms with Gasteiger partial charge >= 0.3 is 0 Å². The minimum absolute atomic E-state index is 0.111. The van der Waals surface area contributed by atoms with Crippen molar-refractivity contribution < 1.29 is 13.9 Å². The smallest absolute Gasteiger partial charge is 0.236 e. The first-order chi connectivity index (χ1) is 16.0. The Morgan fingerprint density at radius 3 is 2.82 bits per heavy atom. The summed E-state index contributed by atoms with van der Waals surface area (Å²) in [6, 6.07) is 13.7.